The zero-order valence-electron chi connectivity index (χ0n) is 10.3. The third-order valence-corrected chi connectivity index (χ3v) is 3.11. The minimum Gasteiger partial charge on any atom is -0.411 e. The first-order valence-corrected chi connectivity index (χ1v) is 6.09. The Morgan fingerprint density at radius 3 is 2.81 bits per heavy atom. The van der Waals surface area contributed by atoms with E-state index in [0.29, 0.717) is 5.92 Å². The fraction of sp³-hybridized carbons (Fsp3) is 0.769. The van der Waals surface area contributed by atoms with Crippen LogP contribution >= 0.6 is 0 Å². The molecule has 3 heteroatoms. The Hall–Kier alpha value is -0.830. The molecule has 0 aromatic rings. The number of hydrogen-bond acceptors (Lipinski definition) is 3. The molecule has 3 nitrogen and oxygen atoms in total. The quantitative estimate of drug-likeness (QED) is 0.327. The van der Waals surface area contributed by atoms with Crippen LogP contribution in [0.3, 0.4) is 0 Å². The van der Waals surface area contributed by atoms with E-state index >= 15 is 0 Å². The highest BCUT2D eigenvalue weighted by Crippen LogP contribution is 2.26. The van der Waals surface area contributed by atoms with Gasteiger partial charge in [-0.25, -0.2) is 0 Å². The third-order valence-electron chi connectivity index (χ3n) is 3.11. The number of allylic oxidation sites excluding steroid dienone is 2. The molecule has 1 unspecified atom stereocenters. The lowest BCUT2D eigenvalue weighted by Crippen LogP contribution is -2.18. The van der Waals surface area contributed by atoms with Gasteiger partial charge in [-0.05, 0) is 52.4 Å². The molecule has 92 valence electrons. The van der Waals surface area contributed by atoms with Crippen molar-refractivity contribution < 1.29 is 10.3 Å². The number of aliphatic hydroxyl groups is 1. The van der Waals surface area contributed by atoms with Crippen molar-refractivity contribution in [2.45, 2.75) is 58.0 Å². The van der Waals surface area contributed by atoms with Crippen LogP contribution < -0.4 is 0 Å². The van der Waals surface area contributed by atoms with Crippen LogP contribution in [0.15, 0.2) is 16.8 Å². The second kappa shape index (κ2) is 6.04. The highest BCUT2D eigenvalue weighted by molar-refractivity contribution is 5.60. The van der Waals surface area contributed by atoms with Crippen LogP contribution in [0.5, 0.6) is 0 Å². The van der Waals surface area contributed by atoms with Crippen LogP contribution in [0.25, 0.3) is 0 Å². The molecule has 16 heavy (non-hydrogen) atoms. The molecule has 1 aliphatic rings. The maximum Gasteiger partial charge on any atom is 0.0591 e. The molecule has 0 heterocycles. The molecule has 0 fully saturated rings. The summed E-state index contributed by atoms with van der Waals surface area (Å²) in [6.07, 6.45) is 10.1. The third kappa shape index (κ3) is 5.31. The molecule has 0 aromatic carbocycles. The van der Waals surface area contributed by atoms with Crippen molar-refractivity contribution in [3.8, 4) is 0 Å². The minimum absolute atomic E-state index is 0.406. The van der Waals surface area contributed by atoms with Crippen molar-refractivity contribution in [1.29, 1.82) is 0 Å². The van der Waals surface area contributed by atoms with Crippen LogP contribution in [-0.2, 0) is 0 Å². The molecule has 2 N–H and O–H groups in total. The lowest BCUT2D eigenvalue weighted by atomic mass is 9.87. The van der Waals surface area contributed by atoms with Gasteiger partial charge in [0.1, 0.15) is 0 Å². The van der Waals surface area contributed by atoms with Gasteiger partial charge in [-0.1, -0.05) is 11.6 Å². The Balaban J connectivity index is 2.25. The second-order valence-electron chi connectivity index (χ2n) is 5.33. The number of nitrogens with zero attached hydrogens (tertiary/aromatic N) is 1. The van der Waals surface area contributed by atoms with E-state index in [2.05, 4.69) is 11.2 Å². The molecular weight excluding hydrogens is 202 g/mol. The predicted molar refractivity (Wildman–Crippen MR) is 65.9 cm³/mol. The summed E-state index contributed by atoms with van der Waals surface area (Å²) in [6.45, 7) is 3.71. The first kappa shape index (κ1) is 13.2. The van der Waals surface area contributed by atoms with E-state index < -0.39 is 5.60 Å². The Kier molecular flexibility index (Phi) is 5.00. The Bertz CT molecular complexity index is 264. The molecule has 0 amide bonds. The molecular formula is C13H23NO2. The summed E-state index contributed by atoms with van der Waals surface area (Å²) in [7, 11) is 0. The normalized spacial score (nSPS) is 22.4. The average Bonchev–Trinajstić information content (AvgIpc) is 2.19. The zero-order valence-corrected chi connectivity index (χ0v) is 10.3. The molecule has 0 saturated heterocycles. The second-order valence-corrected chi connectivity index (χ2v) is 5.33. The molecule has 1 aliphatic carbocycles. The summed E-state index contributed by atoms with van der Waals surface area (Å²) in [4.78, 5) is 0. The Morgan fingerprint density at radius 2 is 2.31 bits per heavy atom. The van der Waals surface area contributed by atoms with E-state index in [1.807, 2.05) is 13.8 Å². The van der Waals surface area contributed by atoms with Gasteiger partial charge in [-0.3, -0.25) is 0 Å². The fourth-order valence-electron chi connectivity index (χ4n) is 2.11. The lowest BCUT2D eigenvalue weighted by Gasteiger charge is -2.20. The number of oxime groups is 1. The summed E-state index contributed by atoms with van der Waals surface area (Å²) >= 11 is 0. The minimum atomic E-state index is -0.540. The van der Waals surface area contributed by atoms with Crippen LogP contribution in [-0.4, -0.2) is 22.1 Å². The molecule has 1 atom stereocenters. The first-order valence-electron chi connectivity index (χ1n) is 6.09. The van der Waals surface area contributed by atoms with Gasteiger partial charge >= 0.3 is 0 Å². The predicted octanol–water partition coefficient (Wildman–Crippen LogP) is 3.11. The molecule has 0 saturated carbocycles. The highest BCUT2D eigenvalue weighted by atomic mass is 16.4. The molecule has 0 aliphatic heterocycles. The van der Waals surface area contributed by atoms with Gasteiger partial charge in [-0.15, -0.1) is 5.16 Å². The highest BCUT2D eigenvalue weighted by Gasteiger charge is 2.15. The Morgan fingerprint density at radius 1 is 1.56 bits per heavy atom. The first-order chi connectivity index (χ1) is 7.51. The number of hydrogen-bond donors (Lipinski definition) is 2. The standard InChI is InChI=1S/C13H23NO2/c1-13(2,15)9-3-4-11-5-7-12(8-6-11)10-14-16/h5,10,12,15-16H,3-4,6-9H2,1-2H3/b14-10+. The van der Waals surface area contributed by atoms with E-state index in [1.54, 1.807) is 6.21 Å². The molecule has 0 bridgehead atoms. The topological polar surface area (TPSA) is 52.8 Å². The molecule has 1 rings (SSSR count). The van der Waals surface area contributed by atoms with Gasteiger partial charge in [-0.2, -0.15) is 0 Å². The van der Waals surface area contributed by atoms with E-state index in [9.17, 15) is 5.11 Å². The maximum atomic E-state index is 9.59. The van der Waals surface area contributed by atoms with Crippen LogP contribution in [0.4, 0.5) is 0 Å². The summed E-state index contributed by atoms with van der Waals surface area (Å²) in [5, 5.41) is 21.1. The molecule has 0 radical (unpaired) electrons. The molecule has 0 aromatic heterocycles. The van der Waals surface area contributed by atoms with Crippen LogP contribution in [0.1, 0.15) is 52.4 Å². The van der Waals surface area contributed by atoms with E-state index in [0.717, 1.165) is 38.5 Å². The van der Waals surface area contributed by atoms with Crippen molar-refractivity contribution >= 4 is 6.21 Å². The van der Waals surface area contributed by atoms with Gasteiger partial charge < -0.3 is 10.3 Å². The summed E-state index contributed by atoms with van der Waals surface area (Å²) in [6, 6.07) is 0. The van der Waals surface area contributed by atoms with Crippen LogP contribution in [0.2, 0.25) is 0 Å². The average molecular weight is 225 g/mol. The van der Waals surface area contributed by atoms with Gasteiger partial charge in [0.05, 0.1) is 5.60 Å². The van der Waals surface area contributed by atoms with Gasteiger partial charge in [0.25, 0.3) is 0 Å². The summed E-state index contributed by atoms with van der Waals surface area (Å²) in [5.41, 5.74) is 0.952. The maximum absolute atomic E-state index is 9.59. The summed E-state index contributed by atoms with van der Waals surface area (Å²) in [5.74, 6) is 0.406. The van der Waals surface area contributed by atoms with Crippen LogP contribution in [0, 0.1) is 5.92 Å². The number of rotatable bonds is 5. The van der Waals surface area contributed by atoms with E-state index in [-0.39, 0.29) is 0 Å². The van der Waals surface area contributed by atoms with Crippen molar-refractivity contribution in [3.63, 3.8) is 0 Å². The van der Waals surface area contributed by atoms with Crippen molar-refractivity contribution in [2.75, 3.05) is 0 Å². The smallest absolute Gasteiger partial charge is 0.0591 e. The summed E-state index contributed by atoms with van der Waals surface area (Å²) < 4.78 is 0. The van der Waals surface area contributed by atoms with Gasteiger partial charge in [0.15, 0.2) is 0 Å². The fourth-order valence-corrected chi connectivity index (χ4v) is 2.11. The SMILES string of the molecule is CC(C)(O)CCCC1=CCC(/C=N/O)CC1. The largest absolute Gasteiger partial charge is 0.411 e. The lowest BCUT2D eigenvalue weighted by molar-refractivity contribution is 0.0688. The van der Waals surface area contributed by atoms with E-state index in [4.69, 9.17) is 5.21 Å². The Labute approximate surface area is 97.9 Å². The molecule has 0 spiro atoms. The van der Waals surface area contributed by atoms with Crippen molar-refractivity contribution in [2.24, 2.45) is 11.1 Å². The zero-order chi connectivity index (χ0) is 12.0. The van der Waals surface area contributed by atoms with Crippen molar-refractivity contribution in [3.05, 3.63) is 11.6 Å². The van der Waals surface area contributed by atoms with Crippen molar-refractivity contribution in [1.82, 2.24) is 0 Å². The van der Waals surface area contributed by atoms with E-state index in [1.165, 1.54) is 5.57 Å². The van der Waals surface area contributed by atoms with Gasteiger partial charge in [0.2, 0.25) is 0 Å². The van der Waals surface area contributed by atoms with Gasteiger partial charge in [0, 0.05) is 12.1 Å². The monoisotopic (exact) mass is 225 g/mol.